The number of H-pyrrole nitrogens is 2. The number of benzene rings is 1. The average Bonchev–Trinajstić information content (AvgIpc) is 2.93. The summed E-state index contributed by atoms with van der Waals surface area (Å²) in [7, 11) is 0. The van der Waals surface area contributed by atoms with Crippen molar-refractivity contribution in [2.45, 2.75) is 0 Å². The minimum Gasteiger partial charge on any atom is -0.508 e. The van der Waals surface area contributed by atoms with Gasteiger partial charge in [0.1, 0.15) is 11.4 Å². The van der Waals surface area contributed by atoms with Crippen LogP contribution in [0.15, 0.2) is 24.5 Å². The van der Waals surface area contributed by atoms with Gasteiger partial charge in [-0.1, -0.05) is 0 Å². The van der Waals surface area contributed by atoms with Gasteiger partial charge in [-0.2, -0.15) is 0 Å². The molecule has 7 heteroatoms. The average molecular weight is 244 g/mol. The van der Waals surface area contributed by atoms with Crippen LogP contribution in [0.25, 0.3) is 22.6 Å². The number of aromatic hydroxyl groups is 1. The summed E-state index contributed by atoms with van der Waals surface area (Å²) in [6.07, 6.45) is 1.30. The van der Waals surface area contributed by atoms with Crippen LogP contribution in [0.1, 0.15) is 10.5 Å². The largest absolute Gasteiger partial charge is 0.508 e. The topological polar surface area (TPSA) is 115 Å². The summed E-state index contributed by atoms with van der Waals surface area (Å²) in [5.74, 6) is -0.654. The van der Waals surface area contributed by atoms with Crippen LogP contribution < -0.4 is 0 Å². The van der Waals surface area contributed by atoms with Crippen molar-refractivity contribution in [2.24, 2.45) is 0 Å². The molecule has 0 saturated heterocycles. The van der Waals surface area contributed by atoms with Crippen LogP contribution in [-0.2, 0) is 0 Å². The number of nitrogens with one attached hydrogen (secondary N) is 2. The smallest absolute Gasteiger partial charge is 0.354 e. The second kappa shape index (κ2) is 3.59. The summed E-state index contributed by atoms with van der Waals surface area (Å²) in [6.45, 7) is 0. The molecular formula is C11H8N4O3. The van der Waals surface area contributed by atoms with Crippen molar-refractivity contribution >= 4 is 17.0 Å². The molecule has 4 N–H and O–H groups in total. The molecule has 7 nitrogen and oxygen atoms in total. The number of hydrogen-bond acceptors (Lipinski definition) is 4. The van der Waals surface area contributed by atoms with Crippen LogP contribution >= 0.6 is 0 Å². The first-order chi connectivity index (χ1) is 8.65. The van der Waals surface area contributed by atoms with Gasteiger partial charge in [-0.25, -0.2) is 14.8 Å². The monoisotopic (exact) mass is 244 g/mol. The van der Waals surface area contributed by atoms with Gasteiger partial charge in [0.05, 0.1) is 17.4 Å². The van der Waals surface area contributed by atoms with E-state index in [4.69, 9.17) is 5.11 Å². The summed E-state index contributed by atoms with van der Waals surface area (Å²) in [4.78, 5) is 24.6. The number of fused-ring (bicyclic) bond motifs is 1. The fourth-order valence-corrected chi connectivity index (χ4v) is 1.75. The van der Waals surface area contributed by atoms with Crippen LogP contribution in [0.4, 0.5) is 0 Å². The fraction of sp³-hybridized carbons (Fsp3) is 0. The third-order valence-electron chi connectivity index (χ3n) is 2.54. The van der Waals surface area contributed by atoms with Crippen molar-refractivity contribution in [1.82, 2.24) is 19.9 Å². The van der Waals surface area contributed by atoms with E-state index in [2.05, 4.69) is 19.9 Å². The number of imidazole rings is 2. The van der Waals surface area contributed by atoms with Gasteiger partial charge in [-0.15, -0.1) is 0 Å². The molecule has 0 radical (unpaired) electrons. The highest BCUT2D eigenvalue weighted by Gasteiger charge is 2.17. The maximum absolute atomic E-state index is 11.0. The molecule has 0 spiro atoms. The molecule has 3 aromatic rings. The third-order valence-corrected chi connectivity index (χ3v) is 2.54. The van der Waals surface area contributed by atoms with Gasteiger partial charge in [0.25, 0.3) is 0 Å². The van der Waals surface area contributed by atoms with E-state index in [9.17, 15) is 9.90 Å². The van der Waals surface area contributed by atoms with Crippen molar-refractivity contribution in [1.29, 1.82) is 0 Å². The van der Waals surface area contributed by atoms with E-state index < -0.39 is 5.97 Å². The first-order valence-electron chi connectivity index (χ1n) is 5.11. The Morgan fingerprint density at radius 3 is 2.94 bits per heavy atom. The molecule has 0 aliphatic carbocycles. The maximum atomic E-state index is 11.0. The molecule has 0 unspecified atom stereocenters. The third kappa shape index (κ3) is 1.49. The second-order valence-electron chi connectivity index (χ2n) is 3.72. The number of aromatic carboxylic acids is 1. The summed E-state index contributed by atoms with van der Waals surface area (Å²) < 4.78 is 0. The van der Waals surface area contributed by atoms with Crippen LogP contribution in [0, 0.1) is 0 Å². The number of nitrogens with zero attached hydrogens (tertiary/aromatic N) is 2. The quantitative estimate of drug-likeness (QED) is 0.543. The van der Waals surface area contributed by atoms with E-state index in [1.54, 1.807) is 6.07 Å². The van der Waals surface area contributed by atoms with Gasteiger partial charge < -0.3 is 20.2 Å². The zero-order valence-corrected chi connectivity index (χ0v) is 9.01. The Hall–Kier alpha value is -2.83. The molecule has 2 heterocycles. The molecule has 0 bridgehead atoms. The number of carboxylic acid groups (broad SMARTS) is 1. The predicted octanol–water partition coefficient (Wildman–Crippen LogP) is 1.36. The second-order valence-corrected chi connectivity index (χ2v) is 3.72. The van der Waals surface area contributed by atoms with E-state index in [1.165, 1.54) is 18.5 Å². The molecule has 0 aliphatic rings. The first kappa shape index (κ1) is 10.3. The molecule has 0 amide bonds. The van der Waals surface area contributed by atoms with Crippen LogP contribution in [-0.4, -0.2) is 36.1 Å². The van der Waals surface area contributed by atoms with E-state index in [0.717, 1.165) is 0 Å². The summed E-state index contributed by atoms with van der Waals surface area (Å²) >= 11 is 0. The Labute approximate surface area is 100 Å². The number of phenolic OH excluding ortho intramolecular Hbond substituents is 1. The van der Waals surface area contributed by atoms with E-state index in [0.29, 0.717) is 16.9 Å². The molecular weight excluding hydrogens is 236 g/mol. The molecule has 3 rings (SSSR count). The predicted molar refractivity (Wildman–Crippen MR) is 62.3 cm³/mol. The normalized spacial score (nSPS) is 10.9. The Balaban J connectivity index is 2.19. The van der Waals surface area contributed by atoms with Gasteiger partial charge in [0, 0.05) is 6.07 Å². The van der Waals surface area contributed by atoms with Crippen LogP contribution in [0.2, 0.25) is 0 Å². The molecule has 0 fully saturated rings. The number of aromatic nitrogens is 4. The lowest BCUT2D eigenvalue weighted by Crippen LogP contribution is -1.99. The number of aromatic amines is 2. The zero-order chi connectivity index (χ0) is 12.7. The minimum absolute atomic E-state index is 0.0294. The zero-order valence-electron chi connectivity index (χ0n) is 9.01. The van der Waals surface area contributed by atoms with Gasteiger partial charge in [-0.05, 0) is 12.1 Å². The first-order valence-corrected chi connectivity index (χ1v) is 5.11. The standard InChI is InChI=1S/C11H8N4O3/c16-5-1-2-6-7(3-5)15-10(14-6)8-9(11(17)18)13-4-12-8/h1-4,16H,(H,12,13)(H,14,15)(H,17,18). The van der Waals surface area contributed by atoms with E-state index in [-0.39, 0.29) is 17.1 Å². The summed E-state index contributed by atoms with van der Waals surface area (Å²) in [5, 5.41) is 18.3. The number of rotatable bonds is 2. The van der Waals surface area contributed by atoms with Crippen molar-refractivity contribution in [3.8, 4) is 17.3 Å². The SMILES string of the molecule is O=C(O)c1[nH]cnc1-c1nc2ccc(O)cc2[nH]1. The molecule has 0 saturated carbocycles. The van der Waals surface area contributed by atoms with Gasteiger partial charge in [-0.3, -0.25) is 0 Å². The Kier molecular flexibility index (Phi) is 2.06. The lowest BCUT2D eigenvalue weighted by Gasteiger charge is -1.92. The van der Waals surface area contributed by atoms with Crippen molar-refractivity contribution in [3.63, 3.8) is 0 Å². The fourth-order valence-electron chi connectivity index (χ4n) is 1.75. The summed E-state index contributed by atoms with van der Waals surface area (Å²) in [5.41, 5.74) is 1.45. The lowest BCUT2D eigenvalue weighted by molar-refractivity contribution is 0.0692. The molecule has 1 aromatic carbocycles. The lowest BCUT2D eigenvalue weighted by atomic mass is 10.3. The van der Waals surface area contributed by atoms with E-state index in [1.807, 2.05) is 0 Å². The minimum atomic E-state index is -1.11. The number of phenols is 1. The Morgan fingerprint density at radius 2 is 2.17 bits per heavy atom. The molecule has 90 valence electrons. The van der Waals surface area contributed by atoms with Crippen molar-refractivity contribution in [2.75, 3.05) is 0 Å². The highest BCUT2D eigenvalue weighted by molar-refractivity contribution is 5.92. The number of hydrogen-bond donors (Lipinski definition) is 4. The van der Waals surface area contributed by atoms with Crippen molar-refractivity contribution < 1.29 is 15.0 Å². The molecule has 18 heavy (non-hydrogen) atoms. The summed E-state index contributed by atoms with van der Waals surface area (Å²) in [6, 6.07) is 4.66. The Morgan fingerprint density at radius 1 is 1.33 bits per heavy atom. The van der Waals surface area contributed by atoms with Crippen LogP contribution in [0.5, 0.6) is 5.75 Å². The maximum Gasteiger partial charge on any atom is 0.354 e. The van der Waals surface area contributed by atoms with Crippen molar-refractivity contribution in [3.05, 3.63) is 30.2 Å². The van der Waals surface area contributed by atoms with Gasteiger partial charge in [0.2, 0.25) is 0 Å². The van der Waals surface area contributed by atoms with Gasteiger partial charge >= 0.3 is 5.97 Å². The van der Waals surface area contributed by atoms with Crippen LogP contribution in [0.3, 0.4) is 0 Å². The number of carbonyl (C=O) groups is 1. The molecule has 0 aliphatic heterocycles. The molecule has 0 atom stereocenters. The van der Waals surface area contributed by atoms with Gasteiger partial charge in [0.15, 0.2) is 11.5 Å². The number of carboxylic acids is 1. The highest BCUT2D eigenvalue weighted by Crippen LogP contribution is 2.23. The Bertz CT molecular complexity index is 744. The highest BCUT2D eigenvalue weighted by atomic mass is 16.4. The van der Waals surface area contributed by atoms with E-state index >= 15 is 0 Å². The molecule has 2 aromatic heterocycles.